The number of amides is 1. The monoisotopic (exact) mass is 338 g/mol. The summed E-state index contributed by atoms with van der Waals surface area (Å²) in [4.78, 5) is 16.3. The second kappa shape index (κ2) is 8.50. The molecule has 0 aliphatic carbocycles. The molecular formula is C16H22N2O2S2. The van der Waals surface area contributed by atoms with Crippen molar-refractivity contribution in [1.29, 1.82) is 0 Å². The Morgan fingerprint density at radius 2 is 2.18 bits per heavy atom. The standard InChI is InChI=1S/C16H22N2O2S2/c1-11(9-12(2)19)10-17-15(20)7-8-21-16-18-13-5-3-4-6-14(13)22-16/h3-6,11-12,19H,7-10H2,1-2H3,(H,17,20). The van der Waals surface area contributed by atoms with E-state index in [-0.39, 0.29) is 12.0 Å². The van der Waals surface area contributed by atoms with E-state index in [4.69, 9.17) is 0 Å². The number of thioether (sulfide) groups is 1. The summed E-state index contributed by atoms with van der Waals surface area (Å²) in [7, 11) is 0. The van der Waals surface area contributed by atoms with Crippen LogP contribution in [0.25, 0.3) is 10.2 Å². The third-order valence-corrected chi connectivity index (χ3v) is 5.40. The molecule has 1 amide bonds. The van der Waals surface area contributed by atoms with E-state index in [0.717, 1.165) is 15.6 Å². The molecule has 2 atom stereocenters. The van der Waals surface area contributed by atoms with Gasteiger partial charge in [0, 0.05) is 18.7 Å². The van der Waals surface area contributed by atoms with Crippen molar-refractivity contribution in [2.75, 3.05) is 12.3 Å². The Kier molecular flexibility index (Phi) is 6.67. The highest BCUT2D eigenvalue weighted by Gasteiger charge is 2.09. The lowest BCUT2D eigenvalue weighted by Crippen LogP contribution is -2.29. The third kappa shape index (κ3) is 5.59. The maximum absolute atomic E-state index is 11.8. The number of hydrogen-bond donors (Lipinski definition) is 2. The van der Waals surface area contributed by atoms with Gasteiger partial charge in [-0.15, -0.1) is 11.3 Å². The predicted molar refractivity (Wildman–Crippen MR) is 93.4 cm³/mol. The predicted octanol–water partition coefficient (Wildman–Crippen LogP) is 3.30. The number of para-hydroxylation sites is 1. The lowest BCUT2D eigenvalue weighted by Gasteiger charge is -2.13. The van der Waals surface area contributed by atoms with E-state index in [1.54, 1.807) is 30.0 Å². The average molecular weight is 338 g/mol. The van der Waals surface area contributed by atoms with Crippen LogP contribution < -0.4 is 5.32 Å². The number of benzene rings is 1. The first-order valence-corrected chi connectivity index (χ1v) is 9.28. The van der Waals surface area contributed by atoms with E-state index >= 15 is 0 Å². The first-order chi connectivity index (χ1) is 10.5. The minimum Gasteiger partial charge on any atom is -0.393 e. The van der Waals surface area contributed by atoms with Crippen molar-refractivity contribution in [3.63, 3.8) is 0 Å². The number of aromatic nitrogens is 1. The number of thiazole rings is 1. The Hall–Kier alpha value is -1.11. The molecule has 0 spiro atoms. The zero-order valence-electron chi connectivity index (χ0n) is 12.9. The highest BCUT2D eigenvalue weighted by atomic mass is 32.2. The molecule has 0 aliphatic heterocycles. The molecule has 22 heavy (non-hydrogen) atoms. The molecule has 0 aliphatic rings. The maximum Gasteiger partial charge on any atom is 0.220 e. The van der Waals surface area contributed by atoms with E-state index in [9.17, 15) is 9.90 Å². The minimum atomic E-state index is -0.318. The summed E-state index contributed by atoms with van der Waals surface area (Å²) in [5, 5.41) is 12.2. The molecule has 6 heteroatoms. The van der Waals surface area contributed by atoms with Gasteiger partial charge in [0.25, 0.3) is 0 Å². The molecule has 2 aromatic rings. The summed E-state index contributed by atoms with van der Waals surface area (Å²) >= 11 is 3.29. The Bertz CT molecular complexity index is 580. The molecule has 1 aromatic carbocycles. The quantitative estimate of drug-likeness (QED) is 0.725. The van der Waals surface area contributed by atoms with Gasteiger partial charge in [0.1, 0.15) is 0 Å². The van der Waals surface area contributed by atoms with Crippen LogP contribution in [-0.4, -0.2) is 34.4 Å². The van der Waals surface area contributed by atoms with Gasteiger partial charge in [0.2, 0.25) is 5.91 Å². The van der Waals surface area contributed by atoms with Gasteiger partial charge in [-0.3, -0.25) is 4.79 Å². The van der Waals surface area contributed by atoms with Crippen LogP contribution in [0.2, 0.25) is 0 Å². The largest absolute Gasteiger partial charge is 0.393 e. The van der Waals surface area contributed by atoms with Gasteiger partial charge in [-0.25, -0.2) is 4.98 Å². The molecule has 1 aromatic heterocycles. The van der Waals surface area contributed by atoms with E-state index in [1.165, 1.54) is 4.70 Å². The number of nitrogens with one attached hydrogen (secondary N) is 1. The van der Waals surface area contributed by atoms with Crippen molar-refractivity contribution in [2.24, 2.45) is 5.92 Å². The molecule has 0 fully saturated rings. The smallest absolute Gasteiger partial charge is 0.220 e. The molecule has 120 valence electrons. The van der Waals surface area contributed by atoms with Crippen LogP contribution in [0, 0.1) is 5.92 Å². The molecule has 0 saturated heterocycles. The van der Waals surface area contributed by atoms with Crippen molar-refractivity contribution >= 4 is 39.2 Å². The fourth-order valence-corrected chi connectivity index (χ4v) is 4.26. The molecule has 0 bridgehead atoms. The zero-order chi connectivity index (χ0) is 15.9. The van der Waals surface area contributed by atoms with Gasteiger partial charge in [-0.2, -0.15) is 0 Å². The molecule has 4 nitrogen and oxygen atoms in total. The van der Waals surface area contributed by atoms with Crippen LogP contribution in [-0.2, 0) is 4.79 Å². The Labute approximate surface area is 139 Å². The fourth-order valence-electron chi connectivity index (χ4n) is 2.19. The number of carbonyl (C=O) groups excluding carboxylic acids is 1. The Balaban J connectivity index is 1.68. The van der Waals surface area contributed by atoms with Crippen molar-refractivity contribution < 1.29 is 9.90 Å². The minimum absolute atomic E-state index is 0.0612. The molecule has 0 saturated carbocycles. The van der Waals surface area contributed by atoms with E-state index < -0.39 is 0 Å². The van der Waals surface area contributed by atoms with E-state index in [0.29, 0.717) is 25.3 Å². The zero-order valence-corrected chi connectivity index (χ0v) is 14.5. The van der Waals surface area contributed by atoms with Gasteiger partial charge in [0.05, 0.1) is 16.3 Å². The third-order valence-electron chi connectivity index (χ3n) is 3.22. The average Bonchev–Trinajstić information content (AvgIpc) is 2.87. The molecule has 2 unspecified atom stereocenters. The summed E-state index contributed by atoms with van der Waals surface area (Å²) in [6, 6.07) is 8.06. The van der Waals surface area contributed by atoms with E-state index in [1.807, 2.05) is 25.1 Å². The maximum atomic E-state index is 11.8. The van der Waals surface area contributed by atoms with Crippen molar-refractivity contribution in [3.8, 4) is 0 Å². The summed E-state index contributed by atoms with van der Waals surface area (Å²) in [5.41, 5.74) is 1.02. The Morgan fingerprint density at radius 1 is 1.41 bits per heavy atom. The lowest BCUT2D eigenvalue weighted by atomic mass is 10.0. The van der Waals surface area contributed by atoms with E-state index in [2.05, 4.69) is 16.4 Å². The van der Waals surface area contributed by atoms with Crippen LogP contribution in [0.4, 0.5) is 0 Å². The summed E-state index contributed by atoms with van der Waals surface area (Å²) in [6.45, 7) is 4.42. The van der Waals surface area contributed by atoms with Crippen molar-refractivity contribution in [1.82, 2.24) is 10.3 Å². The van der Waals surface area contributed by atoms with Crippen LogP contribution in [0.15, 0.2) is 28.6 Å². The van der Waals surface area contributed by atoms with Gasteiger partial charge < -0.3 is 10.4 Å². The topological polar surface area (TPSA) is 62.2 Å². The van der Waals surface area contributed by atoms with Crippen molar-refractivity contribution in [3.05, 3.63) is 24.3 Å². The van der Waals surface area contributed by atoms with Gasteiger partial charge >= 0.3 is 0 Å². The number of aliphatic hydroxyl groups excluding tert-OH is 1. The normalized spacial score (nSPS) is 14.0. The number of hydrogen-bond acceptors (Lipinski definition) is 5. The molecule has 1 heterocycles. The molecule has 2 N–H and O–H groups in total. The number of carbonyl (C=O) groups is 1. The van der Waals surface area contributed by atoms with Crippen LogP contribution in [0.3, 0.4) is 0 Å². The highest BCUT2D eigenvalue weighted by Crippen LogP contribution is 2.29. The molecule has 2 rings (SSSR count). The number of fused-ring (bicyclic) bond motifs is 1. The summed E-state index contributed by atoms with van der Waals surface area (Å²) in [5.74, 6) is 1.09. The SMILES string of the molecule is CC(O)CC(C)CNC(=O)CCSc1nc2ccccc2s1. The van der Waals surface area contributed by atoms with Crippen LogP contribution >= 0.6 is 23.1 Å². The first-order valence-electron chi connectivity index (χ1n) is 7.47. The molecule has 0 radical (unpaired) electrons. The molecular weight excluding hydrogens is 316 g/mol. The second-order valence-electron chi connectivity index (χ2n) is 5.54. The number of nitrogens with zero attached hydrogens (tertiary/aromatic N) is 1. The first kappa shape index (κ1) is 17.2. The van der Waals surface area contributed by atoms with Gasteiger partial charge in [0.15, 0.2) is 4.34 Å². The van der Waals surface area contributed by atoms with Crippen LogP contribution in [0.1, 0.15) is 26.7 Å². The summed E-state index contributed by atoms with van der Waals surface area (Å²) in [6.07, 6.45) is 0.879. The Morgan fingerprint density at radius 3 is 2.91 bits per heavy atom. The highest BCUT2D eigenvalue weighted by molar-refractivity contribution is 8.01. The number of rotatable bonds is 8. The lowest BCUT2D eigenvalue weighted by molar-refractivity contribution is -0.120. The number of aliphatic hydroxyl groups is 1. The second-order valence-corrected chi connectivity index (χ2v) is 7.91. The summed E-state index contributed by atoms with van der Waals surface area (Å²) < 4.78 is 2.19. The fraction of sp³-hybridized carbons (Fsp3) is 0.500. The van der Waals surface area contributed by atoms with Crippen molar-refractivity contribution in [2.45, 2.75) is 37.1 Å². The van der Waals surface area contributed by atoms with Gasteiger partial charge in [-0.05, 0) is 31.4 Å². The van der Waals surface area contributed by atoms with Crippen LogP contribution in [0.5, 0.6) is 0 Å². The van der Waals surface area contributed by atoms with Gasteiger partial charge in [-0.1, -0.05) is 30.8 Å².